The quantitative estimate of drug-likeness (QED) is 0.822. The topological polar surface area (TPSA) is 70.8 Å². The Morgan fingerprint density at radius 2 is 2.04 bits per heavy atom. The Bertz CT molecular complexity index is 778. The van der Waals surface area contributed by atoms with Gasteiger partial charge in [-0.2, -0.15) is 5.10 Å². The molecule has 1 aromatic carbocycles. The van der Waals surface area contributed by atoms with Gasteiger partial charge in [-0.05, 0) is 37.4 Å². The monoisotopic (exact) mass is 384 g/mol. The van der Waals surface area contributed by atoms with E-state index in [0.29, 0.717) is 37.2 Å². The van der Waals surface area contributed by atoms with Crippen molar-refractivity contribution in [3.8, 4) is 5.88 Å². The molecular formula is C21H28N4O3. The summed E-state index contributed by atoms with van der Waals surface area (Å²) in [5, 5.41) is 14.8. The molecule has 7 nitrogen and oxygen atoms in total. The maximum atomic E-state index is 12.6. The Balaban J connectivity index is 1.24. The summed E-state index contributed by atoms with van der Waals surface area (Å²) in [5.74, 6) is 1.11. The van der Waals surface area contributed by atoms with Crippen LogP contribution >= 0.6 is 0 Å². The lowest BCUT2D eigenvalue weighted by molar-refractivity contribution is 0.0676. The molecule has 7 heteroatoms. The summed E-state index contributed by atoms with van der Waals surface area (Å²) in [6.45, 7) is 4.62. The number of hydrogen-bond donors (Lipinski definition) is 1. The Hall–Kier alpha value is -2.38. The van der Waals surface area contributed by atoms with Crippen molar-refractivity contribution >= 4 is 5.91 Å². The minimum atomic E-state index is -0.452. The van der Waals surface area contributed by atoms with E-state index in [9.17, 15) is 9.90 Å². The van der Waals surface area contributed by atoms with Gasteiger partial charge in [-0.1, -0.05) is 30.3 Å². The molecule has 0 radical (unpaired) electrons. The van der Waals surface area contributed by atoms with Crippen LogP contribution in [0.2, 0.25) is 0 Å². The number of nitrogens with zero attached hydrogens (tertiary/aromatic N) is 4. The molecule has 2 aliphatic heterocycles. The van der Waals surface area contributed by atoms with Crippen LogP contribution in [0.15, 0.2) is 36.4 Å². The number of piperidine rings is 1. The van der Waals surface area contributed by atoms with Gasteiger partial charge in [-0.25, -0.2) is 4.68 Å². The first-order chi connectivity index (χ1) is 13.6. The van der Waals surface area contributed by atoms with Crippen molar-refractivity contribution in [1.82, 2.24) is 19.6 Å². The number of benzene rings is 1. The summed E-state index contributed by atoms with van der Waals surface area (Å²) in [6.07, 6.45) is 1.61. The van der Waals surface area contributed by atoms with Crippen molar-refractivity contribution in [2.24, 2.45) is 5.92 Å². The number of aliphatic hydroxyl groups is 1. The number of amides is 1. The van der Waals surface area contributed by atoms with Crippen LogP contribution in [-0.4, -0.2) is 70.4 Å². The fraction of sp³-hybridized carbons (Fsp3) is 0.524. The number of aliphatic hydroxyl groups excluding tert-OH is 1. The fourth-order valence-corrected chi connectivity index (χ4v) is 4.06. The Morgan fingerprint density at radius 1 is 1.29 bits per heavy atom. The van der Waals surface area contributed by atoms with Gasteiger partial charge in [0, 0.05) is 26.2 Å². The summed E-state index contributed by atoms with van der Waals surface area (Å²) in [6, 6.07) is 11.5. The van der Waals surface area contributed by atoms with Gasteiger partial charge in [0.2, 0.25) is 5.88 Å². The zero-order chi connectivity index (χ0) is 19.5. The lowest BCUT2D eigenvalue weighted by atomic mass is 9.95. The molecule has 0 bridgehead atoms. The number of hydrogen-bond acceptors (Lipinski definition) is 5. The van der Waals surface area contributed by atoms with Crippen LogP contribution in [0.3, 0.4) is 0 Å². The Morgan fingerprint density at radius 3 is 2.75 bits per heavy atom. The third-order valence-electron chi connectivity index (χ3n) is 5.72. The lowest BCUT2D eigenvalue weighted by Crippen LogP contribution is -2.40. The average Bonchev–Trinajstić information content (AvgIpc) is 3.32. The van der Waals surface area contributed by atoms with Crippen molar-refractivity contribution in [2.45, 2.75) is 25.5 Å². The minimum absolute atomic E-state index is 0.0487. The first-order valence-electron chi connectivity index (χ1n) is 10.0. The molecule has 0 saturated carbocycles. The highest BCUT2D eigenvalue weighted by molar-refractivity contribution is 5.92. The van der Waals surface area contributed by atoms with Crippen LogP contribution in [-0.2, 0) is 6.54 Å². The van der Waals surface area contributed by atoms with Gasteiger partial charge in [0.15, 0.2) is 5.69 Å². The van der Waals surface area contributed by atoms with Crippen LogP contribution in [0.1, 0.15) is 35.0 Å². The molecule has 1 fully saturated rings. The highest BCUT2D eigenvalue weighted by atomic mass is 16.5. The van der Waals surface area contributed by atoms with Gasteiger partial charge in [0.25, 0.3) is 5.91 Å². The van der Waals surface area contributed by atoms with Gasteiger partial charge in [0.05, 0.1) is 12.6 Å². The van der Waals surface area contributed by atoms with E-state index in [1.54, 1.807) is 15.6 Å². The maximum absolute atomic E-state index is 12.6. The summed E-state index contributed by atoms with van der Waals surface area (Å²) < 4.78 is 7.19. The summed E-state index contributed by atoms with van der Waals surface area (Å²) in [5.41, 5.74) is 1.42. The summed E-state index contributed by atoms with van der Waals surface area (Å²) in [7, 11) is 1.85. The SMILES string of the molecule is CN(CC1CCN(CC(O)c2ccccc2)CC1)C(=O)c1cc2n(n1)CCO2. The molecule has 1 amide bonds. The molecule has 1 saturated heterocycles. The van der Waals surface area contributed by atoms with E-state index in [-0.39, 0.29) is 5.91 Å². The van der Waals surface area contributed by atoms with Gasteiger partial charge in [-0.15, -0.1) is 0 Å². The molecule has 3 heterocycles. The molecule has 1 unspecified atom stereocenters. The Labute approximate surface area is 165 Å². The second kappa shape index (κ2) is 8.32. The molecule has 0 spiro atoms. The van der Waals surface area contributed by atoms with E-state index in [1.165, 1.54) is 0 Å². The first-order valence-corrected chi connectivity index (χ1v) is 10.0. The smallest absolute Gasteiger partial charge is 0.274 e. The maximum Gasteiger partial charge on any atom is 0.274 e. The minimum Gasteiger partial charge on any atom is -0.476 e. The second-order valence-electron chi connectivity index (χ2n) is 7.80. The molecule has 28 heavy (non-hydrogen) atoms. The average molecular weight is 384 g/mol. The summed E-state index contributed by atoms with van der Waals surface area (Å²) in [4.78, 5) is 16.7. The van der Waals surface area contributed by atoms with E-state index < -0.39 is 6.10 Å². The van der Waals surface area contributed by atoms with Gasteiger partial charge in [-0.3, -0.25) is 4.79 Å². The number of ether oxygens (including phenoxy) is 1. The van der Waals surface area contributed by atoms with Crippen molar-refractivity contribution in [3.05, 3.63) is 47.7 Å². The number of β-amino-alcohol motifs (C(OH)–C–C–N with tert-alkyl or cyclic N) is 1. The van der Waals surface area contributed by atoms with E-state index in [4.69, 9.17) is 4.74 Å². The van der Waals surface area contributed by atoms with E-state index in [0.717, 1.165) is 38.0 Å². The van der Waals surface area contributed by atoms with Crippen LogP contribution < -0.4 is 4.74 Å². The number of carbonyl (C=O) groups is 1. The normalized spacial score (nSPS) is 18.5. The van der Waals surface area contributed by atoms with Crippen LogP contribution in [0.4, 0.5) is 0 Å². The molecule has 0 aliphatic carbocycles. The van der Waals surface area contributed by atoms with Crippen LogP contribution in [0.25, 0.3) is 0 Å². The number of rotatable bonds is 6. The van der Waals surface area contributed by atoms with Gasteiger partial charge < -0.3 is 19.6 Å². The second-order valence-corrected chi connectivity index (χ2v) is 7.80. The third-order valence-corrected chi connectivity index (χ3v) is 5.72. The molecule has 4 rings (SSSR count). The van der Waals surface area contributed by atoms with E-state index in [1.807, 2.05) is 37.4 Å². The number of carbonyl (C=O) groups excluding carboxylic acids is 1. The van der Waals surface area contributed by atoms with Crippen LogP contribution in [0, 0.1) is 5.92 Å². The lowest BCUT2D eigenvalue weighted by Gasteiger charge is -2.34. The van der Waals surface area contributed by atoms with Crippen molar-refractivity contribution in [2.75, 3.05) is 39.8 Å². The van der Waals surface area contributed by atoms with Crippen molar-refractivity contribution in [3.63, 3.8) is 0 Å². The highest BCUT2D eigenvalue weighted by Crippen LogP contribution is 2.23. The zero-order valence-electron chi connectivity index (χ0n) is 16.3. The number of aromatic nitrogens is 2. The summed E-state index contributed by atoms with van der Waals surface area (Å²) >= 11 is 0. The first kappa shape index (κ1) is 19.0. The van der Waals surface area contributed by atoms with Crippen molar-refractivity contribution < 1.29 is 14.6 Å². The molecular weight excluding hydrogens is 356 g/mol. The molecule has 2 aliphatic rings. The Kier molecular flexibility index (Phi) is 5.64. The largest absolute Gasteiger partial charge is 0.476 e. The fourth-order valence-electron chi connectivity index (χ4n) is 4.06. The molecule has 150 valence electrons. The predicted octanol–water partition coefficient (Wildman–Crippen LogP) is 1.79. The van der Waals surface area contributed by atoms with E-state index in [2.05, 4.69) is 10.00 Å². The van der Waals surface area contributed by atoms with Crippen molar-refractivity contribution in [1.29, 1.82) is 0 Å². The van der Waals surface area contributed by atoms with E-state index >= 15 is 0 Å². The van der Waals surface area contributed by atoms with Gasteiger partial charge >= 0.3 is 0 Å². The third kappa shape index (κ3) is 4.20. The molecule has 1 atom stereocenters. The molecule has 1 N–H and O–H groups in total. The van der Waals surface area contributed by atoms with Crippen LogP contribution in [0.5, 0.6) is 5.88 Å². The number of fused-ring (bicyclic) bond motifs is 1. The highest BCUT2D eigenvalue weighted by Gasteiger charge is 2.26. The predicted molar refractivity (Wildman–Crippen MR) is 105 cm³/mol. The van der Waals surface area contributed by atoms with Gasteiger partial charge in [0.1, 0.15) is 6.61 Å². The number of likely N-dealkylation sites (tertiary alicyclic amines) is 1. The molecule has 1 aromatic heterocycles. The zero-order valence-corrected chi connectivity index (χ0v) is 16.3. The molecule has 2 aromatic rings. The standard InChI is InChI=1S/C21H28N4O3/c1-23(21(27)18-13-20-25(22-18)11-12-28-20)14-16-7-9-24(10-8-16)15-19(26)17-5-3-2-4-6-17/h2-6,13,16,19,26H,7-12,14-15H2,1H3.